The SMILES string of the molecule is Cc1occc1-c1nnc(S[C@@H](C)C(N)=O)n1C. The molecule has 0 aliphatic rings. The van der Waals surface area contributed by atoms with Crippen LogP contribution in [0.4, 0.5) is 0 Å². The number of aryl methyl sites for hydroxylation is 1. The second-order valence-corrected chi connectivity index (χ2v) is 5.23. The lowest BCUT2D eigenvalue weighted by Gasteiger charge is -2.06. The monoisotopic (exact) mass is 266 g/mol. The molecule has 18 heavy (non-hydrogen) atoms. The fraction of sp³-hybridized carbons (Fsp3) is 0.364. The lowest BCUT2D eigenvalue weighted by atomic mass is 10.2. The predicted molar refractivity (Wildman–Crippen MR) is 68.0 cm³/mol. The summed E-state index contributed by atoms with van der Waals surface area (Å²) in [5.41, 5.74) is 6.12. The second kappa shape index (κ2) is 4.85. The van der Waals surface area contributed by atoms with Gasteiger partial charge in [-0.25, -0.2) is 0 Å². The first-order valence-electron chi connectivity index (χ1n) is 5.40. The average Bonchev–Trinajstić information content (AvgIpc) is 2.87. The Morgan fingerprint density at radius 2 is 2.28 bits per heavy atom. The highest BCUT2D eigenvalue weighted by atomic mass is 32.2. The van der Waals surface area contributed by atoms with E-state index in [0.717, 1.165) is 11.3 Å². The number of aromatic nitrogens is 3. The molecule has 0 fully saturated rings. The van der Waals surface area contributed by atoms with Gasteiger partial charge in [-0.15, -0.1) is 10.2 Å². The van der Waals surface area contributed by atoms with Gasteiger partial charge >= 0.3 is 0 Å². The summed E-state index contributed by atoms with van der Waals surface area (Å²) < 4.78 is 7.06. The predicted octanol–water partition coefficient (Wildman–Crippen LogP) is 1.35. The van der Waals surface area contributed by atoms with Gasteiger partial charge in [0, 0.05) is 7.05 Å². The highest BCUT2D eigenvalue weighted by Crippen LogP contribution is 2.27. The molecule has 0 saturated carbocycles. The number of furan rings is 1. The molecule has 6 nitrogen and oxygen atoms in total. The van der Waals surface area contributed by atoms with Gasteiger partial charge in [0.15, 0.2) is 11.0 Å². The second-order valence-electron chi connectivity index (χ2n) is 3.92. The third kappa shape index (κ3) is 2.26. The molecule has 1 atom stereocenters. The van der Waals surface area contributed by atoms with E-state index in [1.807, 2.05) is 24.6 Å². The Bertz CT molecular complexity index is 575. The maximum atomic E-state index is 11.0. The number of carbonyl (C=O) groups excluding carboxylic acids is 1. The molecule has 96 valence electrons. The van der Waals surface area contributed by atoms with Crippen molar-refractivity contribution in [1.82, 2.24) is 14.8 Å². The van der Waals surface area contributed by atoms with Crippen LogP contribution in [0.5, 0.6) is 0 Å². The Hall–Kier alpha value is -1.76. The molecular formula is C11H14N4O2S. The van der Waals surface area contributed by atoms with E-state index < -0.39 is 0 Å². The number of carbonyl (C=O) groups is 1. The molecule has 1 amide bonds. The van der Waals surface area contributed by atoms with E-state index in [9.17, 15) is 4.79 Å². The Balaban J connectivity index is 2.30. The van der Waals surface area contributed by atoms with E-state index in [2.05, 4.69) is 10.2 Å². The standard InChI is InChI=1S/C11H14N4O2S/c1-6-8(4-5-17-6)10-13-14-11(15(10)3)18-7(2)9(12)16/h4-5,7H,1-3H3,(H2,12,16)/t7-/m0/s1. The minimum Gasteiger partial charge on any atom is -0.469 e. The van der Waals surface area contributed by atoms with E-state index in [0.29, 0.717) is 11.0 Å². The van der Waals surface area contributed by atoms with Crippen molar-refractivity contribution >= 4 is 17.7 Å². The van der Waals surface area contributed by atoms with Crippen molar-refractivity contribution in [2.75, 3.05) is 0 Å². The lowest BCUT2D eigenvalue weighted by Crippen LogP contribution is -2.22. The normalized spacial score (nSPS) is 12.6. The molecule has 2 aromatic heterocycles. The molecular weight excluding hydrogens is 252 g/mol. The van der Waals surface area contributed by atoms with E-state index in [1.54, 1.807) is 13.2 Å². The van der Waals surface area contributed by atoms with Crippen molar-refractivity contribution < 1.29 is 9.21 Å². The van der Waals surface area contributed by atoms with Crippen molar-refractivity contribution in [2.45, 2.75) is 24.3 Å². The Kier molecular flexibility index (Phi) is 3.42. The van der Waals surface area contributed by atoms with Crippen LogP contribution in [0.2, 0.25) is 0 Å². The smallest absolute Gasteiger partial charge is 0.230 e. The molecule has 0 aromatic carbocycles. The number of primary amides is 1. The van der Waals surface area contributed by atoms with Crippen LogP contribution in [-0.2, 0) is 11.8 Å². The minimum absolute atomic E-state index is 0.341. The van der Waals surface area contributed by atoms with Gasteiger partial charge in [0.1, 0.15) is 5.76 Å². The van der Waals surface area contributed by atoms with Gasteiger partial charge < -0.3 is 14.7 Å². The summed E-state index contributed by atoms with van der Waals surface area (Å²) in [4.78, 5) is 11.0. The molecule has 2 heterocycles. The van der Waals surface area contributed by atoms with Crippen LogP contribution < -0.4 is 5.73 Å². The Morgan fingerprint density at radius 3 is 2.83 bits per heavy atom. The van der Waals surface area contributed by atoms with Gasteiger partial charge in [-0.05, 0) is 19.9 Å². The molecule has 0 aliphatic heterocycles. The Morgan fingerprint density at radius 1 is 1.56 bits per heavy atom. The quantitative estimate of drug-likeness (QED) is 0.844. The van der Waals surface area contributed by atoms with E-state index in [-0.39, 0.29) is 11.2 Å². The van der Waals surface area contributed by atoms with Gasteiger partial charge in [0.05, 0.1) is 17.1 Å². The first-order valence-corrected chi connectivity index (χ1v) is 6.28. The van der Waals surface area contributed by atoms with Crippen molar-refractivity contribution in [2.24, 2.45) is 12.8 Å². The summed E-state index contributed by atoms with van der Waals surface area (Å²) >= 11 is 1.29. The number of nitrogens with zero attached hydrogens (tertiary/aromatic N) is 3. The lowest BCUT2D eigenvalue weighted by molar-refractivity contribution is -0.117. The minimum atomic E-state index is -0.371. The fourth-order valence-electron chi connectivity index (χ4n) is 1.49. The molecule has 0 radical (unpaired) electrons. The number of thioether (sulfide) groups is 1. The molecule has 2 aromatic rings. The number of amides is 1. The molecule has 2 rings (SSSR count). The highest BCUT2D eigenvalue weighted by molar-refractivity contribution is 8.00. The van der Waals surface area contributed by atoms with E-state index in [4.69, 9.17) is 10.2 Å². The third-order valence-corrected chi connectivity index (χ3v) is 3.77. The van der Waals surface area contributed by atoms with E-state index >= 15 is 0 Å². The van der Waals surface area contributed by atoms with Crippen LogP contribution in [-0.4, -0.2) is 25.9 Å². The molecule has 0 spiro atoms. The largest absolute Gasteiger partial charge is 0.469 e. The highest BCUT2D eigenvalue weighted by Gasteiger charge is 2.18. The zero-order valence-electron chi connectivity index (χ0n) is 10.4. The molecule has 0 aliphatic carbocycles. The topological polar surface area (TPSA) is 86.9 Å². The number of rotatable bonds is 4. The summed E-state index contributed by atoms with van der Waals surface area (Å²) in [5.74, 6) is 1.12. The van der Waals surface area contributed by atoms with Gasteiger partial charge in [0.2, 0.25) is 5.91 Å². The zero-order valence-corrected chi connectivity index (χ0v) is 11.2. The number of hydrogen-bond acceptors (Lipinski definition) is 5. The van der Waals surface area contributed by atoms with Gasteiger partial charge in [-0.2, -0.15) is 0 Å². The van der Waals surface area contributed by atoms with Gasteiger partial charge in [-0.1, -0.05) is 11.8 Å². The average molecular weight is 266 g/mol. The number of nitrogens with two attached hydrogens (primary N) is 1. The van der Waals surface area contributed by atoms with Gasteiger partial charge in [0.25, 0.3) is 0 Å². The molecule has 2 N–H and O–H groups in total. The third-order valence-electron chi connectivity index (χ3n) is 2.62. The first kappa shape index (κ1) is 12.7. The van der Waals surface area contributed by atoms with Crippen molar-refractivity contribution in [3.8, 4) is 11.4 Å². The summed E-state index contributed by atoms with van der Waals surface area (Å²) in [6.45, 7) is 3.60. The first-order chi connectivity index (χ1) is 8.50. The summed E-state index contributed by atoms with van der Waals surface area (Å²) in [5, 5.41) is 8.48. The molecule has 0 unspecified atom stereocenters. The van der Waals surface area contributed by atoms with Crippen LogP contribution in [0.1, 0.15) is 12.7 Å². The Labute approximate surface area is 109 Å². The maximum Gasteiger partial charge on any atom is 0.230 e. The molecule has 0 bridgehead atoms. The van der Waals surface area contributed by atoms with Crippen LogP contribution in [0.25, 0.3) is 11.4 Å². The van der Waals surface area contributed by atoms with Crippen LogP contribution in [0, 0.1) is 6.92 Å². The fourth-order valence-corrected chi connectivity index (χ4v) is 2.25. The summed E-state index contributed by atoms with van der Waals surface area (Å²) in [7, 11) is 1.85. The van der Waals surface area contributed by atoms with Crippen LogP contribution in [0.3, 0.4) is 0 Å². The molecule has 7 heteroatoms. The van der Waals surface area contributed by atoms with Crippen molar-refractivity contribution in [1.29, 1.82) is 0 Å². The zero-order chi connectivity index (χ0) is 13.3. The van der Waals surface area contributed by atoms with Crippen molar-refractivity contribution in [3.05, 3.63) is 18.1 Å². The maximum absolute atomic E-state index is 11.0. The van der Waals surface area contributed by atoms with Crippen molar-refractivity contribution in [3.63, 3.8) is 0 Å². The molecule has 0 saturated heterocycles. The summed E-state index contributed by atoms with van der Waals surface area (Å²) in [6, 6.07) is 1.84. The van der Waals surface area contributed by atoms with Crippen LogP contribution in [0.15, 0.2) is 21.9 Å². The summed E-state index contributed by atoms with van der Waals surface area (Å²) in [6.07, 6.45) is 1.61. The number of hydrogen-bond donors (Lipinski definition) is 1. The van der Waals surface area contributed by atoms with Gasteiger partial charge in [-0.3, -0.25) is 4.79 Å². The van der Waals surface area contributed by atoms with E-state index in [1.165, 1.54) is 11.8 Å². The van der Waals surface area contributed by atoms with Crippen LogP contribution >= 0.6 is 11.8 Å².